The van der Waals surface area contributed by atoms with Gasteiger partial charge in [-0.3, -0.25) is 0 Å². The van der Waals surface area contributed by atoms with Gasteiger partial charge in [0, 0.05) is 74.5 Å². The van der Waals surface area contributed by atoms with Crippen molar-refractivity contribution in [1.29, 1.82) is 10.5 Å². The van der Waals surface area contributed by atoms with E-state index in [9.17, 15) is 28.6 Å². The van der Waals surface area contributed by atoms with E-state index in [0.717, 1.165) is 36.4 Å². The molecule has 0 saturated carbocycles. The van der Waals surface area contributed by atoms with E-state index in [1.54, 1.807) is 21.3 Å². The van der Waals surface area contributed by atoms with Crippen molar-refractivity contribution in [3.05, 3.63) is 200 Å². The molecule has 0 aliphatic carbocycles. The summed E-state index contributed by atoms with van der Waals surface area (Å²) in [6.07, 6.45) is -0.194. The van der Waals surface area contributed by atoms with Gasteiger partial charge < -0.3 is 49.8 Å². The highest BCUT2D eigenvalue weighted by Crippen LogP contribution is 2.32. The van der Waals surface area contributed by atoms with Crippen LogP contribution in [0.2, 0.25) is 0 Å². The van der Waals surface area contributed by atoms with Crippen molar-refractivity contribution in [3.63, 3.8) is 0 Å². The van der Waals surface area contributed by atoms with Crippen LogP contribution in [0.1, 0.15) is 65.7 Å². The molecule has 10 rings (SSSR count). The number of hydrogen-bond acceptors (Lipinski definition) is 16. The summed E-state index contributed by atoms with van der Waals surface area (Å²) in [5.41, 5.74) is 13.9. The van der Waals surface area contributed by atoms with Crippen molar-refractivity contribution in [2.24, 2.45) is 0 Å². The van der Waals surface area contributed by atoms with Gasteiger partial charge in [-0.2, -0.15) is 30.5 Å². The summed E-state index contributed by atoms with van der Waals surface area (Å²) in [5.74, 6) is -6.02. The number of imidazole rings is 2. The number of carbonyl (C=O) groups is 2. The number of nitriles is 2. The topological polar surface area (TPSA) is 298 Å². The summed E-state index contributed by atoms with van der Waals surface area (Å²) in [5, 5.41) is 36.6. The molecule has 0 aliphatic rings. The van der Waals surface area contributed by atoms with Crippen LogP contribution in [0.5, 0.6) is 12.0 Å². The minimum Gasteiger partial charge on any atom is -0.478 e. The predicted molar refractivity (Wildman–Crippen MR) is 297 cm³/mol. The monoisotopic (exact) mass is 1180 g/mol. The highest BCUT2D eigenvalue weighted by atomic mass is 19.1. The van der Waals surface area contributed by atoms with Crippen LogP contribution in [0.15, 0.2) is 109 Å². The quantitative estimate of drug-likeness (QED) is 0.0516. The van der Waals surface area contributed by atoms with Gasteiger partial charge in [-0.05, 0) is 96.1 Å². The average Bonchev–Trinajstić information content (AvgIpc) is 3.20. The standard InChI is InChI=1S/2C30H23F3N6O4/c2*1-42-7-6-39-26-10-17(29(40)41)4-5-24(26)36-28(39)11-19-9-23(33)20(12-22(19)32)25-13-27(35)38-30(37-25)43-15-18-3-2-16(14-34)8-21(18)31/h2*2-5,8-10,12-13H,6-7,11,15H2,1H3,(H,40,41)(H2,35,37,38). The Morgan fingerprint density at radius 3 is 1.26 bits per heavy atom. The van der Waals surface area contributed by atoms with E-state index in [-0.39, 0.29) is 130 Å². The summed E-state index contributed by atoms with van der Waals surface area (Å²) in [4.78, 5) is 48.1. The Labute approximate surface area is 483 Å². The zero-order chi connectivity index (χ0) is 61.3. The molecule has 436 valence electrons. The van der Waals surface area contributed by atoms with Crippen molar-refractivity contribution in [2.45, 2.75) is 39.1 Å². The van der Waals surface area contributed by atoms with Crippen molar-refractivity contribution in [3.8, 4) is 46.7 Å². The van der Waals surface area contributed by atoms with E-state index in [1.165, 1.54) is 74.9 Å². The van der Waals surface area contributed by atoms with Crippen LogP contribution in [0.25, 0.3) is 44.6 Å². The number of carboxylic acids is 2. The van der Waals surface area contributed by atoms with Crippen LogP contribution in [0, 0.1) is 57.6 Å². The number of rotatable bonds is 20. The lowest BCUT2D eigenvalue weighted by atomic mass is 10.0. The molecule has 0 spiro atoms. The molecule has 6 aromatic carbocycles. The Morgan fingerprint density at radius 2 is 0.895 bits per heavy atom. The first-order valence-corrected chi connectivity index (χ1v) is 25.6. The lowest BCUT2D eigenvalue weighted by molar-refractivity contribution is 0.0686. The Balaban J connectivity index is 0.000000205. The molecule has 0 atom stereocenters. The third-order valence-corrected chi connectivity index (χ3v) is 13.2. The third kappa shape index (κ3) is 13.6. The fourth-order valence-electron chi connectivity index (χ4n) is 8.97. The Bertz CT molecular complexity index is 4080. The second kappa shape index (κ2) is 26.1. The maximum absolute atomic E-state index is 15.4. The number of ether oxygens (including phenoxy) is 4. The summed E-state index contributed by atoms with van der Waals surface area (Å²) < 4.78 is 115. The van der Waals surface area contributed by atoms with E-state index < -0.39 is 46.8 Å². The smallest absolute Gasteiger partial charge is 0.335 e. The number of hydrogen-bond donors (Lipinski definition) is 4. The highest BCUT2D eigenvalue weighted by Gasteiger charge is 2.22. The minimum absolute atomic E-state index is 0.00322. The van der Waals surface area contributed by atoms with Crippen LogP contribution in [-0.4, -0.2) is 88.6 Å². The SMILES string of the molecule is COCCn1c(Cc2cc(F)c(-c3cc(N)nc(OCc4ccc(C#N)cc4F)n3)cc2F)nc2ccc(C(=O)O)cc21.COCCn1c(Cc2cc(F)c(-c3cc(N)nc(OCc4ccc(C#N)cc4F)n3)cc2F)nc2ccc(C(=O)O)cc21. The molecular formula is C60H46F6N12O8. The summed E-state index contributed by atoms with van der Waals surface area (Å²) in [6.45, 7) is 0.584. The van der Waals surface area contributed by atoms with Crippen molar-refractivity contribution in [1.82, 2.24) is 39.0 Å². The number of nitrogens with zero attached hydrogens (tertiary/aromatic N) is 10. The summed E-state index contributed by atoms with van der Waals surface area (Å²) in [7, 11) is 3.02. The van der Waals surface area contributed by atoms with Gasteiger partial charge in [0.2, 0.25) is 0 Å². The van der Waals surface area contributed by atoms with Crippen LogP contribution in [0.3, 0.4) is 0 Å². The molecule has 4 heterocycles. The zero-order valence-electron chi connectivity index (χ0n) is 45.3. The highest BCUT2D eigenvalue weighted by molar-refractivity contribution is 5.93. The van der Waals surface area contributed by atoms with Crippen LogP contribution < -0.4 is 20.9 Å². The molecule has 6 N–H and O–H groups in total. The zero-order valence-corrected chi connectivity index (χ0v) is 45.3. The number of nitrogen functional groups attached to an aromatic ring is 2. The molecule has 0 unspecified atom stereocenters. The number of carboxylic acid groups (broad SMARTS) is 2. The van der Waals surface area contributed by atoms with Crippen molar-refractivity contribution >= 4 is 45.6 Å². The fourth-order valence-corrected chi connectivity index (χ4v) is 8.97. The number of fused-ring (bicyclic) bond motifs is 2. The summed E-state index contributed by atoms with van der Waals surface area (Å²) >= 11 is 0. The molecule has 0 amide bonds. The van der Waals surface area contributed by atoms with Crippen molar-refractivity contribution < 1.29 is 65.1 Å². The number of halogens is 6. The first kappa shape index (κ1) is 59.7. The predicted octanol–water partition coefficient (Wildman–Crippen LogP) is 9.76. The van der Waals surface area contributed by atoms with Crippen LogP contribution >= 0.6 is 0 Å². The van der Waals surface area contributed by atoms with E-state index in [0.29, 0.717) is 46.8 Å². The number of benzene rings is 6. The number of aromatic nitrogens is 8. The van der Waals surface area contributed by atoms with Gasteiger partial charge in [0.25, 0.3) is 0 Å². The third-order valence-electron chi connectivity index (χ3n) is 13.2. The Kier molecular flexibility index (Phi) is 18.1. The summed E-state index contributed by atoms with van der Waals surface area (Å²) in [6, 6.07) is 26.2. The second-order valence-corrected chi connectivity index (χ2v) is 18.9. The molecule has 20 nitrogen and oxygen atoms in total. The van der Waals surface area contributed by atoms with E-state index >= 15 is 17.6 Å². The molecule has 0 saturated heterocycles. The van der Waals surface area contributed by atoms with Crippen LogP contribution in [0.4, 0.5) is 38.0 Å². The van der Waals surface area contributed by atoms with E-state index in [4.69, 9.17) is 40.9 Å². The molecule has 4 aromatic heterocycles. The van der Waals surface area contributed by atoms with Gasteiger partial charge >= 0.3 is 24.0 Å². The Hall–Kier alpha value is -11.0. The number of methoxy groups -OCH3 is 2. The van der Waals surface area contributed by atoms with Crippen LogP contribution in [-0.2, 0) is 48.6 Å². The molecule has 0 aliphatic heterocycles. The maximum Gasteiger partial charge on any atom is 0.335 e. The molecule has 0 fully saturated rings. The molecule has 0 bridgehead atoms. The molecule has 10 aromatic rings. The Morgan fingerprint density at radius 1 is 0.500 bits per heavy atom. The first-order chi connectivity index (χ1) is 41.3. The molecular weight excluding hydrogens is 1130 g/mol. The number of aromatic carboxylic acids is 2. The lowest BCUT2D eigenvalue weighted by Crippen LogP contribution is -2.10. The normalized spacial score (nSPS) is 11.0. The molecule has 86 heavy (non-hydrogen) atoms. The number of anilines is 2. The average molecular weight is 1180 g/mol. The first-order valence-electron chi connectivity index (χ1n) is 25.6. The molecule has 0 radical (unpaired) electrons. The molecule has 26 heteroatoms. The van der Waals surface area contributed by atoms with Gasteiger partial charge in [-0.25, -0.2) is 45.9 Å². The van der Waals surface area contributed by atoms with Crippen molar-refractivity contribution in [2.75, 3.05) is 38.9 Å². The van der Waals surface area contributed by atoms with Gasteiger partial charge in [-0.1, -0.05) is 12.1 Å². The minimum atomic E-state index is -1.10. The van der Waals surface area contributed by atoms with Gasteiger partial charge in [-0.15, -0.1) is 0 Å². The second-order valence-electron chi connectivity index (χ2n) is 18.9. The fraction of sp³-hybridized carbons (Fsp3) is 0.167. The maximum atomic E-state index is 15.4. The largest absolute Gasteiger partial charge is 0.478 e. The lowest BCUT2D eigenvalue weighted by Gasteiger charge is -2.12. The van der Waals surface area contributed by atoms with Gasteiger partial charge in [0.1, 0.15) is 71.4 Å². The van der Waals surface area contributed by atoms with Gasteiger partial charge in [0.05, 0.1) is 81.1 Å². The number of nitrogens with two attached hydrogens (primary N) is 2. The van der Waals surface area contributed by atoms with Gasteiger partial charge in [0.15, 0.2) is 0 Å². The van der Waals surface area contributed by atoms with E-state index in [1.807, 2.05) is 12.1 Å². The van der Waals surface area contributed by atoms with E-state index in [2.05, 4.69) is 29.9 Å².